The molecule has 2 atom stereocenters. The van der Waals surface area contributed by atoms with Crippen molar-refractivity contribution in [2.24, 2.45) is 0 Å². The molecule has 5 nitrogen and oxygen atoms in total. The van der Waals surface area contributed by atoms with Gasteiger partial charge in [0, 0.05) is 31.9 Å². The molecule has 0 amide bonds. The van der Waals surface area contributed by atoms with Crippen LogP contribution in [0.4, 0.5) is 5.69 Å². The lowest BCUT2D eigenvalue weighted by molar-refractivity contribution is 0.0173. The third-order valence-corrected chi connectivity index (χ3v) is 6.04. The van der Waals surface area contributed by atoms with E-state index in [-0.39, 0.29) is 12.1 Å². The Labute approximate surface area is 132 Å². The van der Waals surface area contributed by atoms with E-state index in [0.717, 1.165) is 37.9 Å². The van der Waals surface area contributed by atoms with Gasteiger partial charge >= 0.3 is 0 Å². The molecule has 1 saturated heterocycles. The number of nitrogens with one attached hydrogen (secondary N) is 1. The van der Waals surface area contributed by atoms with Gasteiger partial charge in [-0.05, 0) is 50.3 Å². The van der Waals surface area contributed by atoms with Gasteiger partial charge in [-0.15, -0.1) is 0 Å². The molecule has 22 heavy (non-hydrogen) atoms. The van der Waals surface area contributed by atoms with E-state index < -0.39 is 10.0 Å². The van der Waals surface area contributed by atoms with Gasteiger partial charge in [-0.25, -0.2) is 13.1 Å². The van der Waals surface area contributed by atoms with Crippen LogP contribution < -0.4 is 9.62 Å². The van der Waals surface area contributed by atoms with Gasteiger partial charge in [0.15, 0.2) is 0 Å². The minimum absolute atomic E-state index is 0.0393. The fraction of sp³-hybridized carbons (Fsp3) is 0.625. The molecule has 0 aromatic heterocycles. The average Bonchev–Trinajstić information content (AvgIpc) is 2.47. The Bertz CT molecular complexity index is 645. The molecule has 2 aliphatic heterocycles. The minimum atomic E-state index is -3.47. The second-order valence-electron chi connectivity index (χ2n) is 6.34. The first kappa shape index (κ1) is 15.8. The van der Waals surface area contributed by atoms with Gasteiger partial charge in [0.05, 0.1) is 11.0 Å². The molecule has 0 unspecified atom stereocenters. The van der Waals surface area contributed by atoms with E-state index in [1.165, 1.54) is 5.56 Å². The first-order valence-corrected chi connectivity index (χ1v) is 9.42. The molecular weight excluding hydrogens is 300 g/mol. The zero-order valence-electron chi connectivity index (χ0n) is 13.2. The van der Waals surface area contributed by atoms with Crippen LogP contribution in [0.5, 0.6) is 0 Å². The Morgan fingerprint density at radius 2 is 2.18 bits per heavy atom. The molecule has 1 fully saturated rings. The SMILES string of the molecule is C[C@H]1C[C@H](NS(=O)(=O)c2ccc3c(c2)N(C)CCC3)CCO1. The Balaban J connectivity index is 1.81. The molecule has 1 N–H and O–H groups in total. The third-order valence-electron chi connectivity index (χ3n) is 4.52. The van der Waals surface area contributed by atoms with E-state index in [1.807, 2.05) is 20.0 Å². The third kappa shape index (κ3) is 3.29. The molecule has 0 aliphatic carbocycles. The molecular formula is C16H24N2O3S. The predicted octanol–water partition coefficient (Wildman–Crippen LogP) is 1.91. The minimum Gasteiger partial charge on any atom is -0.378 e. The molecule has 6 heteroatoms. The summed E-state index contributed by atoms with van der Waals surface area (Å²) in [6.07, 6.45) is 3.70. The van der Waals surface area contributed by atoms with E-state index in [4.69, 9.17) is 4.74 Å². The molecule has 2 heterocycles. The number of aryl methyl sites for hydroxylation is 1. The number of nitrogens with zero attached hydrogens (tertiary/aromatic N) is 1. The predicted molar refractivity (Wildman–Crippen MR) is 86.8 cm³/mol. The lowest BCUT2D eigenvalue weighted by Gasteiger charge is -2.29. The smallest absolute Gasteiger partial charge is 0.240 e. The molecule has 122 valence electrons. The molecule has 0 bridgehead atoms. The summed E-state index contributed by atoms with van der Waals surface area (Å²) in [6, 6.07) is 5.44. The van der Waals surface area contributed by atoms with Gasteiger partial charge in [0.25, 0.3) is 0 Å². The van der Waals surface area contributed by atoms with E-state index in [2.05, 4.69) is 9.62 Å². The van der Waals surface area contributed by atoms with Crippen molar-refractivity contribution in [3.63, 3.8) is 0 Å². The van der Waals surface area contributed by atoms with Crippen LogP contribution in [-0.2, 0) is 21.2 Å². The summed E-state index contributed by atoms with van der Waals surface area (Å²) < 4.78 is 33.6. The summed E-state index contributed by atoms with van der Waals surface area (Å²) in [6.45, 7) is 3.57. The second kappa shape index (κ2) is 6.18. The van der Waals surface area contributed by atoms with Crippen molar-refractivity contribution in [1.82, 2.24) is 4.72 Å². The lowest BCUT2D eigenvalue weighted by atomic mass is 10.0. The maximum atomic E-state index is 12.6. The van der Waals surface area contributed by atoms with Crippen LogP contribution in [-0.4, -0.2) is 40.8 Å². The fourth-order valence-electron chi connectivity index (χ4n) is 3.30. The highest BCUT2D eigenvalue weighted by molar-refractivity contribution is 7.89. The first-order valence-electron chi connectivity index (χ1n) is 7.94. The van der Waals surface area contributed by atoms with Crippen LogP contribution in [0, 0.1) is 0 Å². The average molecular weight is 324 g/mol. The molecule has 2 aliphatic rings. The van der Waals surface area contributed by atoms with Gasteiger partial charge in [0.1, 0.15) is 0 Å². The summed E-state index contributed by atoms with van der Waals surface area (Å²) >= 11 is 0. The molecule has 1 aromatic rings. The van der Waals surface area contributed by atoms with Crippen molar-refractivity contribution < 1.29 is 13.2 Å². The summed E-state index contributed by atoms with van der Waals surface area (Å²) in [5, 5.41) is 0. The Morgan fingerprint density at radius 1 is 1.36 bits per heavy atom. The monoisotopic (exact) mass is 324 g/mol. The quantitative estimate of drug-likeness (QED) is 0.923. The van der Waals surface area contributed by atoms with Crippen LogP contribution in [0.15, 0.2) is 23.1 Å². The van der Waals surface area contributed by atoms with Crippen molar-refractivity contribution >= 4 is 15.7 Å². The zero-order valence-corrected chi connectivity index (χ0v) is 14.0. The highest BCUT2D eigenvalue weighted by Crippen LogP contribution is 2.29. The van der Waals surface area contributed by atoms with Crippen molar-refractivity contribution in [2.75, 3.05) is 25.1 Å². The van der Waals surface area contributed by atoms with E-state index >= 15 is 0 Å². The van der Waals surface area contributed by atoms with Gasteiger partial charge in [-0.3, -0.25) is 0 Å². The van der Waals surface area contributed by atoms with Crippen LogP contribution in [0.2, 0.25) is 0 Å². The number of hydrogen-bond acceptors (Lipinski definition) is 4. The summed E-state index contributed by atoms with van der Waals surface area (Å²) in [7, 11) is -1.46. The van der Waals surface area contributed by atoms with E-state index in [1.54, 1.807) is 12.1 Å². The van der Waals surface area contributed by atoms with Crippen LogP contribution in [0.1, 0.15) is 31.7 Å². The van der Waals surface area contributed by atoms with Crippen LogP contribution in [0.25, 0.3) is 0 Å². The highest BCUT2D eigenvalue weighted by Gasteiger charge is 2.26. The molecule has 0 radical (unpaired) electrons. The van der Waals surface area contributed by atoms with Crippen molar-refractivity contribution in [3.05, 3.63) is 23.8 Å². The maximum Gasteiger partial charge on any atom is 0.240 e. The molecule has 3 rings (SSSR count). The number of ether oxygens (including phenoxy) is 1. The summed E-state index contributed by atoms with van der Waals surface area (Å²) in [5.74, 6) is 0. The van der Waals surface area contributed by atoms with Gasteiger partial charge in [-0.1, -0.05) is 6.07 Å². The van der Waals surface area contributed by atoms with Crippen molar-refractivity contribution in [2.45, 2.75) is 49.6 Å². The number of hydrogen-bond donors (Lipinski definition) is 1. The second-order valence-corrected chi connectivity index (χ2v) is 8.05. The van der Waals surface area contributed by atoms with Gasteiger partial charge in [-0.2, -0.15) is 0 Å². The number of rotatable bonds is 3. The van der Waals surface area contributed by atoms with Crippen molar-refractivity contribution in [3.8, 4) is 0 Å². The van der Waals surface area contributed by atoms with E-state index in [9.17, 15) is 8.42 Å². The first-order chi connectivity index (χ1) is 10.5. The number of benzene rings is 1. The number of fused-ring (bicyclic) bond motifs is 1. The number of anilines is 1. The largest absolute Gasteiger partial charge is 0.378 e. The van der Waals surface area contributed by atoms with Crippen LogP contribution >= 0.6 is 0 Å². The Morgan fingerprint density at radius 3 is 2.95 bits per heavy atom. The van der Waals surface area contributed by atoms with Crippen molar-refractivity contribution in [1.29, 1.82) is 0 Å². The highest BCUT2D eigenvalue weighted by atomic mass is 32.2. The Hall–Kier alpha value is -1.11. The van der Waals surface area contributed by atoms with Gasteiger partial charge in [0.2, 0.25) is 10.0 Å². The Kier molecular flexibility index (Phi) is 4.43. The standard InChI is InChI=1S/C16H24N2O3S/c1-12-10-14(7-9-21-12)17-22(19,20)15-6-5-13-4-3-8-18(2)16(13)11-15/h5-6,11-12,14,17H,3-4,7-10H2,1-2H3/t12-,14+/m0/s1. The number of sulfonamides is 1. The topological polar surface area (TPSA) is 58.6 Å². The van der Waals surface area contributed by atoms with Crippen LogP contribution in [0.3, 0.4) is 0 Å². The summed E-state index contributed by atoms with van der Waals surface area (Å²) in [4.78, 5) is 2.49. The lowest BCUT2D eigenvalue weighted by Crippen LogP contribution is -2.41. The maximum absolute atomic E-state index is 12.6. The van der Waals surface area contributed by atoms with E-state index in [0.29, 0.717) is 11.5 Å². The summed E-state index contributed by atoms with van der Waals surface area (Å²) in [5.41, 5.74) is 2.27. The normalized spacial score (nSPS) is 25.8. The molecule has 0 spiro atoms. The zero-order chi connectivity index (χ0) is 15.7. The molecule has 0 saturated carbocycles. The molecule has 1 aromatic carbocycles. The fourth-order valence-corrected chi connectivity index (χ4v) is 4.60. The van der Waals surface area contributed by atoms with Gasteiger partial charge < -0.3 is 9.64 Å².